The first kappa shape index (κ1) is 11.0. The van der Waals surface area contributed by atoms with Gasteiger partial charge in [-0.2, -0.15) is 0 Å². The zero-order valence-corrected chi connectivity index (χ0v) is 9.25. The van der Waals surface area contributed by atoms with E-state index in [9.17, 15) is 9.59 Å². The molecule has 0 heterocycles. The van der Waals surface area contributed by atoms with E-state index in [1.54, 1.807) is 6.07 Å². The van der Waals surface area contributed by atoms with Crippen molar-refractivity contribution in [1.29, 1.82) is 0 Å². The molecule has 2 rings (SSSR count). The minimum Gasteiger partial charge on any atom is -0.366 e. The van der Waals surface area contributed by atoms with Crippen LogP contribution in [0.25, 0.3) is 0 Å². The molecule has 3 N–H and O–H groups in total. The van der Waals surface area contributed by atoms with Crippen LogP contribution in [0.3, 0.4) is 0 Å². The predicted molar refractivity (Wildman–Crippen MR) is 61.3 cm³/mol. The predicted octanol–water partition coefficient (Wildman–Crippen LogP) is 1.79. The van der Waals surface area contributed by atoms with Gasteiger partial charge in [0.15, 0.2) is 0 Å². The molecule has 5 heteroatoms. The number of carbonyl (C=O) groups is 2. The fraction of sp³-hybridized carbons (Fsp3) is 0.273. The van der Waals surface area contributed by atoms with Crippen LogP contribution < -0.4 is 11.1 Å². The number of halogens is 1. The Kier molecular flexibility index (Phi) is 2.83. The molecule has 1 aromatic rings. The molecule has 1 fully saturated rings. The first-order valence-electron chi connectivity index (χ1n) is 4.98. The summed E-state index contributed by atoms with van der Waals surface area (Å²) in [6.07, 6.45) is 1.89. The van der Waals surface area contributed by atoms with E-state index >= 15 is 0 Å². The minimum atomic E-state index is -0.579. The Morgan fingerprint density at radius 1 is 1.38 bits per heavy atom. The maximum absolute atomic E-state index is 11.5. The lowest BCUT2D eigenvalue weighted by atomic mass is 10.2. The first-order chi connectivity index (χ1) is 7.58. The van der Waals surface area contributed by atoms with Crippen LogP contribution in [-0.2, 0) is 4.79 Å². The van der Waals surface area contributed by atoms with Gasteiger partial charge >= 0.3 is 0 Å². The Morgan fingerprint density at radius 2 is 2.06 bits per heavy atom. The van der Waals surface area contributed by atoms with Gasteiger partial charge in [-0.25, -0.2) is 0 Å². The topological polar surface area (TPSA) is 72.2 Å². The van der Waals surface area contributed by atoms with Crippen molar-refractivity contribution in [2.24, 2.45) is 11.7 Å². The number of rotatable bonds is 3. The van der Waals surface area contributed by atoms with Crippen LogP contribution in [-0.4, -0.2) is 11.8 Å². The molecule has 1 aliphatic carbocycles. The number of hydrogen-bond donors (Lipinski definition) is 2. The quantitative estimate of drug-likeness (QED) is 0.843. The summed E-state index contributed by atoms with van der Waals surface area (Å²) in [7, 11) is 0. The molecule has 0 aliphatic heterocycles. The van der Waals surface area contributed by atoms with Crippen LogP contribution in [0.2, 0.25) is 5.02 Å². The van der Waals surface area contributed by atoms with Gasteiger partial charge in [-0.05, 0) is 31.0 Å². The number of nitrogens with two attached hydrogens (primary N) is 1. The van der Waals surface area contributed by atoms with E-state index in [0.29, 0.717) is 5.69 Å². The number of hydrogen-bond acceptors (Lipinski definition) is 2. The summed E-state index contributed by atoms with van der Waals surface area (Å²) in [6, 6.07) is 4.65. The lowest BCUT2D eigenvalue weighted by Crippen LogP contribution is -2.14. The van der Waals surface area contributed by atoms with Gasteiger partial charge in [-0.3, -0.25) is 9.59 Å². The number of amides is 2. The average Bonchev–Trinajstić information content (AvgIpc) is 2.99. The van der Waals surface area contributed by atoms with E-state index in [-0.39, 0.29) is 22.4 Å². The molecule has 16 heavy (non-hydrogen) atoms. The summed E-state index contributed by atoms with van der Waals surface area (Å²) in [5.74, 6) is -0.442. The van der Waals surface area contributed by atoms with Gasteiger partial charge in [0.25, 0.3) is 0 Å². The summed E-state index contributed by atoms with van der Waals surface area (Å²) in [6.45, 7) is 0. The van der Waals surface area contributed by atoms with Gasteiger partial charge in [-0.15, -0.1) is 0 Å². The fourth-order valence-electron chi connectivity index (χ4n) is 1.38. The molecule has 0 aromatic heterocycles. The highest BCUT2D eigenvalue weighted by molar-refractivity contribution is 6.34. The highest BCUT2D eigenvalue weighted by atomic mass is 35.5. The van der Waals surface area contributed by atoms with Crippen LogP contribution >= 0.6 is 11.6 Å². The molecule has 1 aliphatic rings. The van der Waals surface area contributed by atoms with Crippen LogP contribution in [0.1, 0.15) is 23.2 Å². The monoisotopic (exact) mass is 238 g/mol. The van der Waals surface area contributed by atoms with Crippen molar-refractivity contribution >= 4 is 29.1 Å². The second-order valence-corrected chi connectivity index (χ2v) is 4.23. The van der Waals surface area contributed by atoms with E-state index in [0.717, 1.165) is 12.8 Å². The van der Waals surface area contributed by atoms with Gasteiger partial charge in [-0.1, -0.05) is 11.6 Å². The maximum atomic E-state index is 11.5. The zero-order chi connectivity index (χ0) is 11.7. The Balaban J connectivity index is 2.14. The van der Waals surface area contributed by atoms with E-state index < -0.39 is 5.91 Å². The summed E-state index contributed by atoms with van der Waals surface area (Å²) in [5.41, 5.74) is 5.96. The molecule has 1 aromatic carbocycles. The standard InChI is InChI=1S/C11H11ClN2O2/c12-9-5-7(3-4-8(9)10(13)15)14-11(16)6-1-2-6/h3-6H,1-2H2,(H2,13,15)(H,14,16). The third kappa shape index (κ3) is 2.33. The second kappa shape index (κ2) is 4.14. The van der Waals surface area contributed by atoms with Gasteiger partial charge < -0.3 is 11.1 Å². The lowest BCUT2D eigenvalue weighted by molar-refractivity contribution is -0.117. The highest BCUT2D eigenvalue weighted by Crippen LogP contribution is 2.30. The number of carbonyl (C=O) groups excluding carboxylic acids is 2. The van der Waals surface area contributed by atoms with Crippen LogP contribution in [0.4, 0.5) is 5.69 Å². The Morgan fingerprint density at radius 3 is 2.56 bits per heavy atom. The van der Waals surface area contributed by atoms with Crippen molar-refractivity contribution in [3.05, 3.63) is 28.8 Å². The van der Waals surface area contributed by atoms with Crippen LogP contribution in [0.15, 0.2) is 18.2 Å². The van der Waals surface area contributed by atoms with Crippen molar-refractivity contribution in [3.63, 3.8) is 0 Å². The molecule has 84 valence electrons. The van der Waals surface area contributed by atoms with Crippen molar-refractivity contribution < 1.29 is 9.59 Å². The SMILES string of the molecule is NC(=O)c1ccc(NC(=O)C2CC2)cc1Cl. The molecule has 1 saturated carbocycles. The number of benzene rings is 1. The largest absolute Gasteiger partial charge is 0.366 e. The third-order valence-electron chi connectivity index (χ3n) is 2.45. The number of primary amides is 1. The highest BCUT2D eigenvalue weighted by Gasteiger charge is 2.29. The smallest absolute Gasteiger partial charge is 0.250 e. The molecule has 2 amide bonds. The summed E-state index contributed by atoms with van der Waals surface area (Å²) in [4.78, 5) is 22.4. The normalized spacial score (nSPS) is 14.6. The van der Waals surface area contributed by atoms with E-state index in [2.05, 4.69) is 5.32 Å². The van der Waals surface area contributed by atoms with E-state index in [1.807, 2.05) is 0 Å². The lowest BCUT2D eigenvalue weighted by Gasteiger charge is -2.06. The number of nitrogens with one attached hydrogen (secondary N) is 1. The molecule has 0 spiro atoms. The Labute approximate surface area is 97.8 Å². The Hall–Kier alpha value is -1.55. The van der Waals surface area contributed by atoms with E-state index in [1.165, 1.54) is 12.1 Å². The van der Waals surface area contributed by atoms with Gasteiger partial charge in [0.2, 0.25) is 11.8 Å². The fourth-order valence-corrected chi connectivity index (χ4v) is 1.66. The average molecular weight is 239 g/mol. The molecular formula is C11H11ClN2O2. The zero-order valence-electron chi connectivity index (χ0n) is 8.50. The maximum Gasteiger partial charge on any atom is 0.250 e. The summed E-state index contributed by atoms with van der Waals surface area (Å²) < 4.78 is 0. The van der Waals surface area contributed by atoms with Gasteiger partial charge in [0.1, 0.15) is 0 Å². The molecular weight excluding hydrogens is 228 g/mol. The van der Waals surface area contributed by atoms with Crippen molar-refractivity contribution in [2.45, 2.75) is 12.8 Å². The Bertz CT molecular complexity index is 455. The number of anilines is 1. The molecule has 0 saturated heterocycles. The van der Waals surface area contributed by atoms with Crippen LogP contribution in [0, 0.1) is 5.92 Å². The molecule has 0 bridgehead atoms. The van der Waals surface area contributed by atoms with Gasteiger partial charge in [0, 0.05) is 11.6 Å². The molecule has 4 nitrogen and oxygen atoms in total. The second-order valence-electron chi connectivity index (χ2n) is 3.82. The van der Waals surface area contributed by atoms with Gasteiger partial charge in [0.05, 0.1) is 10.6 Å². The van der Waals surface area contributed by atoms with Crippen molar-refractivity contribution in [3.8, 4) is 0 Å². The summed E-state index contributed by atoms with van der Waals surface area (Å²) >= 11 is 5.85. The summed E-state index contributed by atoms with van der Waals surface area (Å²) in [5, 5.41) is 2.99. The minimum absolute atomic E-state index is 0.00268. The first-order valence-corrected chi connectivity index (χ1v) is 5.36. The third-order valence-corrected chi connectivity index (χ3v) is 2.76. The van der Waals surface area contributed by atoms with Crippen LogP contribution in [0.5, 0.6) is 0 Å². The van der Waals surface area contributed by atoms with Crippen molar-refractivity contribution in [1.82, 2.24) is 0 Å². The molecule has 0 unspecified atom stereocenters. The van der Waals surface area contributed by atoms with E-state index in [4.69, 9.17) is 17.3 Å². The molecule has 0 radical (unpaired) electrons. The molecule has 0 atom stereocenters. The van der Waals surface area contributed by atoms with Crippen molar-refractivity contribution in [2.75, 3.05) is 5.32 Å².